The van der Waals surface area contributed by atoms with Crippen molar-refractivity contribution < 1.29 is 24.2 Å². The highest BCUT2D eigenvalue weighted by Crippen LogP contribution is 2.41. The van der Waals surface area contributed by atoms with Crippen LogP contribution in [0, 0.1) is 6.92 Å². The lowest BCUT2D eigenvalue weighted by atomic mass is 9.86. The Labute approximate surface area is 264 Å². The predicted molar refractivity (Wildman–Crippen MR) is 174 cm³/mol. The molecule has 0 saturated heterocycles. The van der Waals surface area contributed by atoms with E-state index in [1.165, 1.54) is 0 Å². The van der Waals surface area contributed by atoms with Crippen LogP contribution in [0.5, 0.6) is 0 Å². The number of pyridine rings is 2. The molecule has 5 aromatic rings. The van der Waals surface area contributed by atoms with Crippen LogP contribution in [0.1, 0.15) is 41.2 Å². The van der Waals surface area contributed by atoms with Crippen LogP contribution >= 0.6 is 0 Å². The number of carbonyl (C=O) groups excluding carboxylic acids is 2. The van der Waals surface area contributed by atoms with Crippen LogP contribution in [-0.2, 0) is 44.2 Å². The third-order valence-corrected chi connectivity index (χ3v) is 9.33. The molecular weight excluding hydrogens is 584 g/mol. The number of esters is 1. The maximum absolute atomic E-state index is 13.7. The minimum atomic E-state index is -1.86. The second kappa shape index (κ2) is 11.5. The smallest absolute Gasteiger partial charge is 0.343 e. The third-order valence-electron chi connectivity index (χ3n) is 9.33. The van der Waals surface area contributed by atoms with Crippen LogP contribution in [0.4, 0.5) is 0 Å². The lowest BCUT2D eigenvalue weighted by Crippen LogP contribution is -2.44. The molecule has 0 spiro atoms. The van der Waals surface area contributed by atoms with Crippen LogP contribution in [0.25, 0.3) is 44.2 Å². The van der Waals surface area contributed by atoms with Gasteiger partial charge in [-0.2, -0.15) is 0 Å². The van der Waals surface area contributed by atoms with Gasteiger partial charge in [0.15, 0.2) is 5.60 Å². The van der Waals surface area contributed by atoms with Gasteiger partial charge in [0.2, 0.25) is 5.91 Å². The van der Waals surface area contributed by atoms with E-state index in [1.54, 1.807) is 17.6 Å². The first-order valence-corrected chi connectivity index (χ1v) is 15.4. The fraction of sp³-hybridized carbons (Fsp3) is 0.278. The molecule has 0 saturated carbocycles. The van der Waals surface area contributed by atoms with Crippen LogP contribution in [-0.4, -0.2) is 46.4 Å². The highest BCUT2D eigenvalue weighted by atomic mass is 16.6. The van der Waals surface area contributed by atoms with E-state index in [9.17, 15) is 19.5 Å². The third kappa shape index (κ3) is 4.77. The summed E-state index contributed by atoms with van der Waals surface area (Å²) in [5.41, 5.74) is 11.1. The Kier molecular flexibility index (Phi) is 7.43. The standard InChI is InChI=1S/C36H34N4O6/c1-3-36(44)28-15-30-33-26(17-40(30)34(42)27(28)18-46-35(36)43)20(2)32-25-14-24(9-8-23(25)10-11-29(32)39-33)22-6-4-21(5-7-22)12-13-45-19-38-31(41)16-37/h4-11,14-15,44H,3,12-13,16-19,37H2,1-2H3,(H,38,41)/t36-/m0/s1. The number of hydrogen-bond donors (Lipinski definition) is 3. The molecule has 2 aromatic heterocycles. The molecule has 0 aliphatic carbocycles. The van der Waals surface area contributed by atoms with Crippen molar-refractivity contribution >= 4 is 33.6 Å². The number of aromatic nitrogens is 2. The maximum atomic E-state index is 13.7. The average Bonchev–Trinajstić information content (AvgIpc) is 3.45. The Hall–Kier alpha value is -4.90. The number of nitrogens with one attached hydrogen (secondary N) is 1. The number of benzene rings is 3. The number of carbonyl (C=O) groups is 2. The molecule has 1 atom stereocenters. The summed E-state index contributed by atoms with van der Waals surface area (Å²) >= 11 is 0. The second-order valence-corrected chi connectivity index (χ2v) is 11.9. The van der Waals surface area contributed by atoms with Crippen molar-refractivity contribution in [2.45, 2.75) is 45.4 Å². The normalized spacial score (nSPS) is 16.7. The largest absolute Gasteiger partial charge is 0.458 e. The number of ether oxygens (including phenoxy) is 2. The highest BCUT2D eigenvalue weighted by Gasteiger charge is 2.45. The number of aliphatic hydroxyl groups is 1. The summed E-state index contributed by atoms with van der Waals surface area (Å²) in [6, 6.07) is 20.6. The molecule has 234 valence electrons. The zero-order chi connectivity index (χ0) is 32.2. The van der Waals surface area contributed by atoms with E-state index in [4.69, 9.17) is 20.2 Å². The molecule has 46 heavy (non-hydrogen) atoms. The molecule has 0 radical (unpaired) electrons. The van der Waals surface area contributed by atoms with Gasteiger partial charge in [-0.3, -0.25) is 9.59 Å². The van der Waals surface area contributed by atoms with E-state index in [2.05, 4.69) is 60.8 Å². The van der Waals surface area contributed by atoms with Crippen molar-refractivity contribution in [1.82, 2.24) is 14.9 Å². The van der Waals surface area contributed by atoms with Crippen LogP contribution < -0.4 is 16.6 Å². The van der Waals surface area contributed by atoms with E-state index in [-0.39, 0.29) is 37.8 Å². The first-order chi connectivity index (χ1) is 22.2. The molecule has 1 amide bonds. The summed E-state index contributed by atoms with van der Waals surface area (Å²) in [5.74, 6) is -0.981. The first kappa shape index (κ1) is 29.8. The number of nitrogens with two attached hydrogens (primary N) is 1. The van der Waals surface area contributed by atoms with Gasteiger partial charge in [0.1, 0.15) is 13.3 Å². The number of nitrogens with zero attached hydrogens (tertiary/aromatic N) is 2. The fourth-order valence-corrected chi connectivity index (χ4v) is 6.64. The van der Waals surface area contributed by atoms with E-state index < -0.39 is 11.6 Å². The molecule has 10 heteroatoms. The van der Waals surface area contributed by atoms with Crippen molar-refractivity contribution in [3.05, 3.63) is 98.8 Å². The van der Waals surface area contributed by atoms with E-state index in [1.807, 2.05) is 6.07 Å². The Morgan fingerprint density at radius 2 is 1.85 bits per heavy atom. The number of amides is 1. The summed E-state index contributed by atoms with van der Waals surface area (Å²) in [4.78, 5) is 42.5. The van der Waals surface area contributed by atoms with E-state index in [0.717, 1.165) is 49.5 Å². The number of aryl methyl sites for hydroxylation is 1. The Bertz CT molecular complexity index is 2120. The minimum Gasteiger partial charge on any atom is -0.458 e. The number of hydrogen-bond acceptors (Lipinski definition) is 8. The van der Waals surface area contributed by atoms with E-state index >= 15 is 0 Å². The highest BCUT2D eigenvalue weighted by molar-refractivity contribution is 6.10. The Balaban J connectivity index is 1.23. The first-order valence-electron chi connectivity index (χ1n) is 15.4. The molecule has 3 aromatic carbocycles. The molecular formula is C36H34N4O6. The number of cyclic esters (lactones) is 1. The van der Waals surface area contributed by atoms with Crippen LogP contribution in [0.3, 0.4) is 0 Å². The average molecular weight is 619 g/mol. The lowest BCUT2D eigenvalue weighted by Gasteiger charge is -2.31. The predicted octanol–water partition coefficient (Wildman–Crippen LogP) is 3.80. The van der Waals surface area contributed by atoms with Gasteiger partial charge in [0.05, 0.1) is 42.2 Å². The zero-order valence-electron chi connectivity index (χ0n) is 25.7. The summed E-state index contributed by atoms with van der Waals surface area (Å²) in [6.07, 6.45) is 0.813. The molecule has 10 nitrogen and oxygen atoms in total. The topological polar surface area (TPSA) is 146 Å². The fourth-order valence-electron chi connectivity index (χ4n) is 6.64. The van der Waals surface area contributed by atoms with Crippen LogP contribution in [0.15, 0.2) is 65.5 Å². The summed E-state index contributed by atoms with van der Waals surface area (Å²) in [6.45, 7) is 4.52. The summed E-state index contributed by atoms with van der Waals surface area (Å²) < 4.78 is 12.4. The van der Waals surface area contributed by atoms with E-state index in [0.29, 0.717) is 42.1 Å². The van der Waals surface area contributed by atoms with Crippen molar-refractivity contribution in [3.8, 4) is 22.5 Å². The quantitative estimate of drug-likeness (QED) is 0.101. The Morgan fingerprint density at radius 1 is 1.09 bits per heavy atom. The van der Waals surface area contributed by atoms with Gasteiger partial charge < -0.3 is 30.2 Å². The second-order valence-electron chi connectivity index (χ2n) is 11.9. The molecule has 0 fully saturated rings. The molecule has 7 rings (SSSR count). The molecule has 2 aliphatic heterocycles. The summed E-state index contributed by atoms with van der Waals surface area (Å²) in [7, 11) is 0. The van der Waals surface area contributed by atoms with Crippen LogP contribution in [0.2, 0.25) is 0 Å². The van der Waals surface area contributed by atoms with Gasteiger partial charge in [-0.05, 0) is 71.0 Å². The zero-order valence-corrected chi connectivity index (χ0v) is 25.7. The van der Waals surface area contributed by atoms with Gasteiger partial charge in [-0.15, -0.1) is 0 Å². The van der Waals surface area contributed by atoms with Crippen molar-refractivity contribution in [1.29, 1.82) is 0 Å². The number of fused-ring (bicyclic) bond motifs is 7. The molecule has 0 unspecified atom stereocenters. The minimum absolute atomic E-state index is 0.0594. The van der Waals surface area contributed by atoms with Crippen molar-refractivity contribution in [2.24, 2.45) is 5.73 Å². The number of rotatable bonds is 8. The maximum Gasteiger partial charge on any atom is 0.343 e. The summed E-state index contributed by atoms with van der Waals surface area (Å²) in [5, 5.41) is 17.0. The van der Waals surface area contributed by atoms with Crippen molar-refractivity contribution in [2.75, 3.05) is 19.9 Å². The lowest BCUT2D eigenvalue weighted by molar-refractivity contribution is -0.172. The Morgan fingerprint density at radius 3 is 2.61 bits per heavy atom. The molecule has 2 aliphatic rings. The van der Waals surface area contributed by atoms with Gasteiger partial charge in [0.25, 0.3) is 5.56 Å². The van der Waals surface area contributed by atoms with Gasteiger partial charge in [0, 0.05) is 16.5 Å². The van der Waals surface area contributed by atoms with Gasteiger partial charge >= 0.3 is 5.97 Å². The monoisotopic (exact) mass is 618 g/mol. The SMILES string of the molecule is CC[C@@]1(O)C(=O)OCc2c1cc1n(c2=O)Cc2c-1nc1ccc3ccc(-c4ccc(CCOCNC(=O)CN)cc4)cc3c1c2C. The van der Waals surface area contributed by atoms with Gasteiger partial charge in [-0.1, -0.05) is 49.4 Å². The molecule has 4 N–H and O–H groups in total. The molecule has 0 bridgehead atoms. The van der Waals surface area contributed by atoms with Crippen molar-refractivity contribution in [3.63, 3.8) is 0 Å². The molecule has 4 heterocycles. The van der Waals surface area contributed by atoms with Gasteiger partial charge in [-0.25, -0.2) is 9.78 Å².